The van der Waals surface area contributed by atoms with Crippen LogP contribution in [-0.2, 0) is 6.18 Å². The van der Waals surface area contributed by atoms with Crippen molar-refractivity contribution in [1.29, 1.82) is 0 Å². The Morgan fingerprint density at radius 2 is 2.00 bits per heavy atom. The molecule has 116 valence electrons. The van der Waals surface area contributed by atoms with E-state index in [9.17, 15) is 28.1 Å². The Kier molecular flexibility index (Phi) is 4.16. The van der Waals surface area contributed by atoms with E-state index < -0.39 is 22.1 Å². The lowest BCUT2D eigenvalue weighted by molar-refractivity contribution is -0.385. The van der Waals surface area contributed by atoms with Gasteiger partial charge in [-0.15, -0.1) is 10.2 Å². The van der Waals surface area contributed by atoms with Gasteiger partial charge in [0.25, 0.3) is 5.69 Å². The SMILES string of the molecule is O=C(Nc1ccc([N+](=O)[O-])cn1)Nc1nnc(C(F)(F)F)s1. The van der Waals surface area contributed by atoms with Crippen LogP contribution in [0.3, 0.4) is 0 Å². The normalized spacial score (nSPS) is 11.0. The number of urea groups is 1. The highest BCUT2D eigenvalue weighted by Gasteiger charge is 2.35. The molecule has 0 aliphatic heterocycles. The van der Waals surface area contributed by atoms with Gasteiger partial charge in [0.2, 0.25) is 10.1 Å². The number of nitrogens with one attached hydrogen (secondary N) is 2. The lowest BCUT2D eigenvalue weighted by Gasteiger charge is -2.03. The van der Waals surface area contributed by atoms with Crippen LogP contribution in [0.5, 0.6) is 0 Å². The van der Waals surface area contributed by atoms with E-state index in [0.29, 0.717) is 0 Å². The zero-order chi connectivity index (χ0) is 16.3. The number of carbonyl (C=O) groups is 1. The number of pyridine rings is 1. The summed E-state index contributed by atoms with van der Waals surface area (Å²) in [6.45, 7) is 0. The molecule has 2 aromatic heterocycles. The van der Waals surface area contributed by atoms with Crippen LogP contribution in [-0.4, -0.2) is 26.1 Å². The Morgan fingerprint density at radius 3 is 2.50 bits per heavy atom. The van der Waals surface area contributed by atoms with Crippen molar-refractivity contribution in [2.75, 3.05) is 10.6 Å². The molecule has 0 saturated carbocycles. The number of aromatic nitrogens is 3. The van der Waals surface area contributed by atoms with Gasteiger partial charge in [0.1, 0.15) is 12.0 Å². The zero-order valence-electron chi connectivity index (χ0n) is 10.3. The molecule has 2 rings (SSSR count). The fourth-order valence-electron chi connectivity index (χ4n) is 1.20. The van der Waals surface area contributed by atoms with E-state index in [4.69, 9.17) is 0 Å². The molecule has 0 atom stereocenters. The number of nitrogens with zero attached hydrogens (tertiary/aromatic N) is 4. The van der Waals surface area contributed by atoms with Crippen LogP contribution in [0.25, 0.3) is 0 Å². The molecule has 2 heterocycles. The van der Waals surface area contributed by atoms with Crippen molar-refractivity contribution < 1.29 is 22.9 Å². The molecule has 0 bridgehead atoms. The predicted octanol–water partition coefficient (Wildman–Crippen LogP) is 2.50. The summed E-state index contributed by atoms with van der Waals surface area (Å²) >= 11 is 0.156. The van der Waals surface area contributed by atoms with Gasteiger partial charge in [-0.3, -0.25) is 20.7 Å². The van der Waals surface area contributed by atoms with E-state index in [1.807, 2.05) is 5.32 Å². The molecular weight excluding hydrogens is 329 g/mol. The van der Waals surface area contributed by atoms with E-state index in [1.165, 1.54) is 6.07 Å². The van der Waals surface area contributed by atoms with Gasteiger partial charge in [0.15, 0.2) is 0 Å². The number of halogens is 3. The Morgan fingerprint density at radius 1 is 1.27 bits per heavy atom. The van der Waals surface area contributed by atoms with E-state index in [2.05, 4.69) is 20.5 Å². The van der Waals surface area contributed by atoms with E-state index in [1.54, 1.807) is 0 Å². The average Bonchev–Trinajstić information content (AvgIpc) is 2.87. The number of rotatable bonds is 3. The maximum absolute atomic E-state index is 12.3. The van der Waals surface area contributed by atoms with Crippen LogP contribution in [0.4, 0.5) is 34.6 Å². The zero-order valence-corrected chi connectivity index (χ0v) is 11.1. The van der Waals surface area contributed by atoms with Crippen molar-refractivity contribution in [3.05, 3.63) is 33.5 Å². The second kappa shape index (κ2) is 5.88. The number of anilines is 2. The molecule has 0 unspecified atom stereocenters. The number of hydrogen-bond donors (Lipinski definition) is 2. The van der Waals surface area contributed by atoms with Crippen LogP contribution in [0.2, 0.25) is 0 Å². The molecular formula is C9H5F3N6O3S. The maximum Gasteiger partial charge on any atom is 0.445 e. The Hall–Kier alpha value is -2.83. The van der Waals surface area contributed by atoms with Gasteiger partial charge in [-0.25, -0.2) is 9.78 Å². The molecule has 0 radical (unpaired) electrons. The molecule has 2 N–H and O–H groups in total. The first kappa shape index (κ1) is 15.6. The highest BCUT2D eigenvalue weighted by Crippen LogP contribution is 2.32. The largest absolute Gasteiger partial charge is 0.445 e. The number of alkyl halides is 3. The second-order valence-electron chi connectivity index (χ2n) is 3.65. The summed E-state index contributed by atoms with van der Waals surface area (Å²) < 4.78 is 36.9. The summed E-state index contributed by atoms with van der Waals surface area (Å²) in [5, 5.41) is 19.1. The van der Waals surface area contributed by atoms with Gasteiger partial charge in [0.05, 0.1) is 4.92 Å². The molecule has 0 saturated heterocycles. The molecule has 0 aliphatic rings. The average molecular weight is 334 g/mol. The van der Waals surface area contributed by atoms with Gasteiger partial charge in [-0.05, 0) is 6.07 Å². The van der Waals surface area contributed by atoms with E-state index >= 15 is 0 Å². The van der Waals surface area contributed by atoms with Gasteiger partial charge in [-0.1, -0.05) is 11.3 Å². The Balaban J connectivity index is 1.98. The van der Waals surface area contributed by atoms with Crippen molar-refractivity contribution in [2.45, 2.75) is 6.18 Å². The van der Waals surface area contributed by atoms with E-state index in [0.717, 1.165) is 12.3 Å². The first-order valence-corrected chi connectivity index (χ1v) is 6.16. The number of carbonyl (C=O) groups excluding carboxylic acids is 1. The highest BCUT2D eigenvalue weighted by atomic mass is 32.1. The third-order valence-electron chi connectivity index (χ3n) is 2.09. The minimum atomic E-state index is -4.64. The number of amides is 2. The monoisotopic (exact) mass is 334 g/mol. The molecule has 2 aromatic rings. The molecule has 13 heteroatoms. The van der Waals surface area contributed by atoms with Crippen molar-refractivity contribution in [1.82, 2.24) is 15.2 Å². The van der Waals surface area contributed by atoms with Crippen LogP contribution < -0.4 is 10.6 Å². The van der Waals surface area contributed by atoms with Gasteiger partial charge in [0, 0.05) is 6.07 Å². The van der Waals surface area contributed by atoms with Crippen LogP contribution in [0.1, 0.15) is 5.01 Å². The molecule has 0 spiro atoms. The van der Waals surface area contributed by atoms with Crippen molar-refractivity contribution in [2.24, 2.45) is 0 Å². The smallest absolute Gasteiger partial charge is 0.292 e. The molecule has 0 aliphatic carbocycles. The Labute approximate surface area is 123 Å². The quantitative estimate of drug-likeness (QED) is 0.656. The Bertz CT molecular complexity index is 701. The molecule has 0 fully saturated rings. The summed E-state index contributed by atoms with van der Waals surface area (Å²) in [5.41, 5.74) is -0.273. The minimum Gasteiger partial charge on any atom is -0.292 e. The summed E-state index contributed by atoms with van der Waals surface area (Å²) in [5.74, 6) is -0.0244. The highest BCUT2D eigenvalue weighted by molar-refractivity contribution is 7.15. The lowest BCUT2D eigenvalue weighted by atomic mass is 10.4. The van der Waals surface area contributed by atoms with Gasteiger partial charge in [-0.2, -0.15) is 13.2 Å². The van der Waals surface area contributed by atoms with Crippen LogP contribution >= 0.6 is 11.3 Å². The van der Waals surface area contributed by atoms with Gasteiger partial charge < -0.3 is 0 Å². The predicted molar refractivity (Wildman–Crippen MR) is 68.4 cm³/mol. The standard InChI is InChI=1S/C9H5F3N6O3S/c10-9(11,12)6-16-17-8(22-6)15-7(19)14-5-2-1-4(3-13-5)18(20)21/h1-3H,(H2,13,14,15,17,19). The minimum absolute atomic E-state index is 0.0244. The fourth-order valence-corrected chi connectivity index (χ4v) is 1.81. The van der Waals surface area contributed by atoms with Crippen molar-refractivity contribution in [3.63, 3.8) is 0 Å². The second-order valence-corrected chi connectivity index (χ2v) is 4.63. The molecule has 0 aromatic carbocycles. The summed E-state index contributed by atoms with van der Waals surface area (Å²) in [6.07, 6.45) is -3.73. The molecule has 9 nitrogen and oxygen atoms in total. The fraction of sp³-hybridized carbons (Fsp3) is 0.111. The van der Waals surface area contributed by atoms with Crippen molar-refractivity contribution >= 4 is 34.0 Å². The number of nitro groups is 1. The summed E-state index contributed by atoms with van der Waals surface area (Å²) in [6, 6.07) is 1.36. The maximum atomic E-state index is 12.3. The molecule has 2 amide bonds. The number of hydrogen-bond acceptors (Lipinski definition) is 7. The van der Waals surface area contributed by atoms with Gasteiger partial charge >= 0.3 is 12.2 Å². The summed E-state index contributed by atoms with van der Waals surface area (Å²) in [4.78, 5) is 24.9. The molecule has 22 heavy (non-hydrogen) atoms. The third kappa shape index (κ3) is 3.85. The topological polar surface area (TPSA) is 123 Å². The van der Waals surface area contributed by atoms with Crippen LogP contribution in [0, 0.1) is 10.1 Å². The first-order valence-electron chi connectivity index (χ1n) is 5.35. The van der Waals surface area contributed by atoms with Crippen LogP contribution in [0.15, 0.2) is 18.3 Å². The summed E-state index contributed by atoms with van der Waals surface area (Å²) in [7, 11) is 0. The van der Waals surface area contributed by atoms with E-state index in [-0.39, 0.29) is 28.0 Å². The van der Waals surface area contributed by atoms with Crippen molar-refractivity contribution in [3.8, 4) is 0 Å². The lowest BCUT2D eigenvalue weighted by Crippen LogP contribution is -2.19. The third-order valence-corrected chi connectivity index (χ3v) is 2.97. The first-order chi connectivity index (χ1) is 10.3.